The molecule has 22 heavy (non-hydrogen) atoms. The molecule has 0 spiro atoms. The van der Waals surface area contributed by atoms with E-state index >= 15 is 0 Å². The minimum atomic E-state index is -1.26. The summed E-state index contributed by atoms with van der Waals surface area (Å²) in [4.78, 5) is 12.0. The van der Waals surface area contributed by atoms with Crippen LogP contribution in [-0.4, -0.2) is 9.67 Å². The highest BCUT2D eigenvalue weighted by atomic mass is 16.3. The topological polar surface area (TPSA) is 42.2 Å². The molecule has 3 heteroatoms. The molecule has 3 nitrogen and oxygen atoms in total. The number of nitrogens with zero attached hydrogens (tertiary/aromatic N) is 1. The fourth-order valence-corrected chi connectivity index (χ4v) is 2.61. The number of benzene rings is 2. The van der Waals surface area contributed by atoms with Crippen molar-refractivity contribution >= 4 is 0 Å². The molecule has 0 bridgehead atoms. The number of aromatic nitrogens is 1. The van der Waals surface area contributed by atoms with Crippen LogP contribution in [0.5, 0.6) is 0 Å². The molecule has 2 aromatic carbocycles. The van der Waals surface area contributed by atoms with Crippen molar-refractivity contribution in [3.63, 3.8) is 0 Å². The SMILES string of the molecule is O=c1ccccn1CC(O)(c1ccccc1)c1ccccc1. The quantitative estimate of drug-likeness (QED) is 0.803. The zero-order chi connectivity index (χ0) is 15.4. The van der Waals surface area contributed by atoms with E-state index in [9.17, 15) is 9.90 Å². The van der Waals surface area contributed by atoms with E-state index in [1.807, 2.05) is 60.7 Å². The molecule has 0 saturated carbocycles. The summed E-state index contributed by atoms with van der Waals surface area (Å²) in [7, 11) is 0. The Kier molecular flexibility index (Phi) is 3.90. The van der Waals surface area contributed by atoms with Crippen molar-refractivity contribution in [1.82, 2.24) is 4.57 Å². The molecule has 1 aromatic heterocycles. The van der Waals surface area contributed by atoms with Gasteiger partial charge in [0.15, 0.2) is 0 Å². The average Bonchev–Trinajstić information content (AvgIpc) is 2.58. The summed E-state index contributed by atoms with van der Waals surface area (Å²) in [5, 5.41) is 11.4. The molecule has 1 heterocycles. The molecule has 0 amide bonds. The lowest BCUT2D eigenvalue weighted by Crippen LogP contribution is -2.36. The summed E-state index contributed by atoms with van der Waals surface area (Å²) in [6.07, 6.45) is 1.69. The van der Waals surface area contributed by atoms with Crippen LogP contribution >= 0.6 is 0 Å². The van der Waals surface area contributed by atoms with Crippen molar-refractivity contribution in [2.45, 2.75) is 12.1 Å². The van der Waals surface area contributed by atoms with E-state index in [4.69, 9.17) is 0 Å². The van der Waals surface area contributed by atoms with Crippen molar-refractivity contribution < 1.29 is 5.11 Å². The molecular weight excluding hydrogens is 274 g/mol. The van der Waals surface area contributed by atoms with Gasteiger partial charge >= 0.3 is 0 Å². The summed E-state index contributed by atoms with van der Waals surface area (Å²) in [5.41, 5.74) is 0.134. The Morgan fingerprint density at radius 2 is 1.27 bits per heavy atom. The molecule has 0 aliphatic carbocycles. The van der Waals surface area contributed by atoms with Gasteiger partial charge in [-0.25, -0.2) is 0 Å². The minimum Gasteiger partial charge on any atom is -0.378 e. The highest BCUT2D eigenvalue weighted by Gasteiger charge is 2.32. The van der Waals surface area contributed by atoms with Crippen LogP contribution in [0, 0.1) is 0 Å². The molecule has 0 radical (unpaired) electrons. The predicted octanol–water partition coefficient (Wildman–Crippen LogP) is 2.78. The Morgan fingerprint density at radius 1 is 0.773 bits per heavy atom. The normalized spacial score (nSPS) is 11.3. The van der Waals surface area contributed by atoms with Gasteiger partial charge in [-0.2, -0.15) is 0 Å². The summed E-state index contributed by atoms with van der Waals surface area (Å²) in [5.74, 6) is 0. The van der Waals surface area contributed by atoms with Crippen LogP contribution in [0.2, 0.25) is 0 Å². The van der Waals surface area contributed by atoms with Crippen LogP contribution in [0.3, 0.4) is 0 Å². The van der Waals surface area contributed by atoms with Gasteiger partial charge in [-0.1, -0.05) is 66.7 Å². The largest absolute Gasteiger partial charge is 0.378 e. The first-order valence-corrected chi connectivity index (χ1v) is 7.19. The van der Waals surface area contributed by atoms with Crippen molar-refractivity contribution in [2.75, 3.05) is 0 Å². The molecule has 0 atom stereocenters. The fourth-order valence-electron chi connectivity index (χ4n) is 2.61. The first kappa shape index (κ1) is 14.3. The molecule has 1 N–H and O–H groups in total. The number of hydrogen-bond donors (Lipinski definition) is 1. The van der Waals surface area contributed by atoms with Crippen LogP contribution in [0.4, 0.5) is 0 Å². The molecule has 0 unspecified atom stereocenters. The van der Waals surface area contributed by atoms with Gasteiger partial charge in [0.1, 0.15) is 5.60 Å². The third-order valence-corrected chi connectivity index (χ3v) is 3.80. The monoisotopic (exact) mass is 291 g/mol. The Hall–Kier alpha value is -2.65. The maximum atomic E-state index is 12.0. The molecule has 0 saturated heterocycles. The highest BCUT2D eigenvalue weighted by Crippen LogP contribution is 2.30. The van der Waals surface area contributed by atoms with Crippen molar-refractivity contribution in [2.24, 2.45) is 0 Å². The van der Waals surface area contributed by atoms with Gasteiger partial charge in [-0.3, -0.25) is 4.79 Å². The first-order chi connectivity index (χ1) is 10.7. The second-order valence-corrected chi connectivity index (χ2v) is 5.26. The lowest BCUT2D eigenvalue weighted by molar-refractivity contribution is 0.0601. The third-order valence-electron chi connectivity index (χ3n) is 3.80. The van der Waals surface area contributed by atoms with Crippen LogP contribution in [-0.2, 0) is 12.1 Å². The lowest BCUT2D eigenvalue weighted by Gasteiger charge is -2.30. The van der Waals surface area contributed by atoms with Gasteiger partial charge in [-0.05, 0) is 17.2 Å². The zero-order valence-corrected chi connectivity index (χ0v) is 12.1. The van der Waals surface area contributed by atoms with Gasteiger partial charge < -0.3 is 9.67 Å². The van der Waals surface area contributed by atoms with Gasteiger partial charge in [0.05, 0.1) is 6.54 Å². The second kappa shape index (κ2) is 6.00. The summed E-state index contributed by atoms with van der Waals surface area (Å²) in [6.45, 7) is 0.167. The molecular formula is C19H17NO2. The minimum absolute atomic E-state index is 0.132. The van der Waals surface area contributed by atoms with Crippen molar-refractivity contribution in [3.05, 3.63) is 107 Å². The molecule has 3 rings (SSSR count). The van der Waals surface area contributed by atoms with Crippen LogP contribution in [0.25, 0.3) is 0 Å². The van der Waals surface area contributed by atoms with Crippen molar-refractivity contribution in [1.29, 1.82) is 0 Å². The van der Waals surface area contributed by atoms with E-state index in [0.29, 0.717) is 0 Å². The van der Waals surface area contributed by atoms with Crippen LogP contribution in [0.1, 0.15) is 11.1 Å². The van der Waals surface area contributed by atoms with Gasteiger partial charge in [0.25, 0.3) is 5.56 Å². The summed E-state index contributed by atoms with van der Waals surface area (Å²) < 4.78 is 1.53. The third kappa shape index (κ3) is 2.71. The van der Waals surface area contributed by atoms with E-state index in [0.717, 1.165) is 11.1 Å². The molecule has 0 aliphatic rings. The Labute approximate surface area is 129 Å². The van der Waals surface area contributed by atoms with Crippen LogP contribution in [0.15, 0.2) is 89.9 Å². The van der Waals surface area contributed by atoms with E-state index in [2.05, 4.69) is 0 Å². The maximum Gasteiger partial charge on any atom is 0.250 e. The van der Waals surface area contributed by atoms with E-state index in [1.54, 1.807) is 18.3 Å². The zero-order valence-electron chi connectivity index (χ0n) is 12.1. The number of hydrogen-bond acceptors (Lipinski definition) is 2. The Bertz CT molecular complexity index is 755. The predicted molar refractivity (Wildman–Crippen MR) is 86.6 cm³/mol. The van der Waals surface area contributed by atoms with Gasteiger partial charge in [0.2, 0.25) is 0 Å². The van der Waals surface area contributed by atoms with E-state index < -0.39 is 5.60 Å². The van der Waals surface area contributed by atoms with Crippen LogP contribution < -0.4 is 5.56 Å². The smallest absolute Gasteiger partial charge is 0.250 e. The second-order valence-electron chi connectivity index (χ2n) is 5.26. The summed E-state index contributed by atoms with van der Waals surface area (Å²) in [6, 6.07) is 23.8. The Balaban J connectivity index is 2.12. The molecule has 110 valence electrons. The highest BCUT2D eigenvalue weighted by molar-refractivity contribution is 5.35. The average molecular weight is 291 g/mol. The molecule has 3 aromatic rings. The number of aliphatic hydroxyl groups is 1. The van der Waals surface area contributed by atoms with E-state index in [-0.39, 0.29) is 12.1 Å². The summed E-state index contributed by atoms with van der Waals surface area (Å²) >= 11 is 0. The van der Waals surface area contributed by atoms with Crippen molar-refractivity contribution in [3.8, 4) is 0 Å². The molecule has 0 aliphatic heterocycles. The molecule has 0 fully saturated rings. The Morgan fingerprint density at radius 3 is 1.77 bits per heavy atom. The number of rotatable bonds is 4. The fraction of sp³-hybridized carbons (Fsp3) is 0.105. The first-order valence-electron chi connectivity index (χ1n) is 7.19. The van der Waals surface area contributed by atoms with Gasteiger partial charge in [0, 0.05) is 12.3 Å². The number of pyridine rings is 1. The lowest BCUT2D eigenvalue weighted by atomic mass is 9.86. The standard InChI is InChI=1S/C19H17NO2/c21-18-13-7-8-14-20(18)15-19(22,16-9-3-1-4-10-16)17-11-5-2-6-12-17/h1-14,22H,15H2. The maximum absolute atomic E-state index is 12.0. The van der Waals surface area contributed by atoms with Gasteiger partial charge in [-0.15, -0.1) is 0 Å². The van der Waals surface area contributed by atoms with E-state index in [1.165, 1.54) is 10.6 Å².